The van der Waals surface area contributed by atoms with E-state index in [4.69, 9.17) is 9.47 Å². The standard InChI is InChI=1S/C9H14O2/c1-7-4-8(10-2)6-9(5-7)11-3/h4,6-7H,5H2,1-3H3/t7-/m1/s1. The van der Waals surface area contributed by atoms with Gasteiger partial charge in [0.2, 0.25) is 0 Å². The van der Waals surface area contributed by atoms with E-state index in [1.165, 1.54) is 0 Å². The van der Waals surface area contributed by atoms with Gasteiger partial charge in [-0.25, -0.2) is 0 Å². The van der Waals surface area contributed by atoms with E-state index in [1.807, 2.05) is 6.08 Å². The van der Waals surface area contributed by atoms with Crippen LogP contribution in [0.2, 0.25) is 0 Å². The van der Waals surface area contributed by atoms with Crippen LogP contribution >= 0.6 is 0 Å². The van der Waals surface area contributed by atoms with Gasteiger partial charge >= 0.3 is 0 Å². The highest BCUT2D eigenvalue weighted by Crippen LogP contribution is 2.22. The minimum absolute atomic E-state index is 0.518. The number of hydrogen-bond acceptors (Lipinski definition) is 2. The Kier molecular flexibility index (Phi) is 2.58. The van der Waals surface area contributed by atoms with E-state index in [0.717, 1.165) is 17.9 Å². The predicted octanol–water partition coefficient (Wildman–Crippen LogP) is 2.09. The van der Waals surface area contributed by atoms with Crippen LogP contribution in [0.25, 0.3) is 0 Å². The van der Waals surface area contributed by atoms with Crippen LogP contribution in [0.1, 0.15) is 13.3 Å². The molecule has 1 rings (SSSR count). The molecular weight excluding hydrogens is 140 g/mol. The van der Waals surface area contributed by atoms with Gasteiger partial charge in [0.25, 0.3) is 0 Å². The third kappa shape index (κ3) is 2.00. The van der Waals surface area contributed by atoms with Gasteiger partial charge in [0, 0.05) is 12.5 Å². The molecule has 0 aromatic rings. The summed E-state index contributed by atoms with van der Waals surface area (Å²) >= 11 is 0. The van der Waals surface area contributed by atoms with Gasteiger partial charge in [-0.1, -0.05) is 6.92 Å². The fourth-order valence-corrected chi connectivity index (χ4v) is 1.19. The second-order valence-electron chi connectivity index (χ2n) is 2.77. The van der Waals surface area contributed by atoms with Gasteiger partial charge in [-0.15, -0.1) is 0 Å². The van der Waals surface area contributed by atoms with Crippen molar-refractivity contribution in [2.45, 2.75) is 13.3 Å². The first-order chi connectivity index (χ1) is 5.26. The van der Waals surface area contributed by atoms with E-state index in [0.29, 0.717) is 5.92 Å². The van der Waals surface area contributed by atoms with Crippen molar-refractivity contribution < 1.29 is 9.47 Å². The Morgan fingerprint density at radius 2 is 2.09 bits per heavy atom. The molecule has 0 aromatic heterocycles. The number of ether oxygens (including phenoxy) is 2. The number of hydrogen-bond donors (Lipinski definition) is 0. The Morgan fingerprint density at radius 1 is 1.36 bits per heavy atom. The summed E-state index contributed by atoms with van der Waals surface area (Å²) in [7, 11) is 3.37. The zero-order valence-corrected chi connectivity index (χ0v) is 7.26. The molecule has 62 valence electrons. The van der Waals surface area contributed by atoms with E-state index in [1.54, 1.807) is 14.2 Å². The highest BCUT2D eigenvalue weighted by molar-refractivity contribution is 5.21. The third-order valence-electron chi connectivity index (χ3n) is 1.77. The molecule has 2 nitrogen and oxygen atoms in total. The van der Waals surface area contributed by atoms with Crippen molar-refractivity contribution in [1.82, 2.24) is 0 Å². The normalized spacial score (nSPS) is 23.7. The summed E-state index contributed by atoms with van der Waals surface area (Å²) in [5.74, 6) is 2.42. The van der Waals surface area contributed by atoms with Crippen molar-refractivity contribution in [2.75, 3.05) is 14.2 Å². The van der Waals surface area contributed by atoms with E-state index in [9.17, 15) is 0 Å². The molecule has 0 fully saturated rings. The Morgan fingerprint density at radius 3 is 2.64 bits per heavy atom. The number of allylic oxidation sites excluding steroid dienone is 3. The van der Waals surface area contributed by atoms with Gasteiger partial charge in [-0.3, -0.25) is 0 Å². The zero-order chi connectivity index (χ0) is 8.27. The van der Waals surface area contributed by atoms with Gasteiger partial charge in [0.15, 0.2) is 0 Å². The summed E-state index contributed by atoms with van der Waals surface area (Å²) in [6.45, 7) is 2.14. The second-order valence-corrected chi connectivity index (χ2v) is 2.77. The Bertz CT molecular complexity index is 192. The molecule has 0 N–H and O–H groups in total. The summed E-state index contributed by atoms with van der Waals surface area (Å²) in [6.07, 6.45) is 5.01. The third-order valence-corrected chi connectivity index (χ3v) is 1.77. The van der Waals surface area contributed by atoms with E-state index < -0.39 is 0 Å². The fraction of sp³-hybridized carbons (Fsp3) is 0.556. The lowest BCUT2D eigenvalue weighted by Gasteiger charge is -2.16. The van der Waals surface area contributed by atoms with Crippen molar-refractivity contribution in [2.24, 2.45) is 5.92 Å². The lowest BCUT2D eigenvalue weighted by atomic mass is 10.0. The van der Waals surface area contributed by atoms with Crippen LogP contribution in [0.3, 0.4) is 0 Å². The van der Waals surface area contributed by atoms with Crippen LogP contribution in [0.4, 0.5) is 0 Å². The molecular formula is C9H14O2. The molecule has 0 heterocycles. The lowest BCUT2D eigenvalue weighted by molar-refractivity contribution is 0.247. The van der Waals surface area contributed by atoms with E-state index in [2.05, 4.69) is 13.0 Å². The minimum Gasteiger partial charge on any atom is -0.501 e. The quantitative estimate of drug-likeness (QED) is 0.606. The van der Waals surface area contributed by atoms with E-state index >= 15 is 0 Å². The highest BCUT2D eigenvalue weighted by atomic mass is 16.5. The SMILES string of the molecule is COC1=C[C@@H](C)CC(OC)=C1. The molecule has 0 saturated carbocycles. The molecule has 1 atom stereocenters. The average Bonchev–Trinajstić information content (AvgIpc) is 2.03. The molecule has 11 heavy (non-hydrogen) atoms. The van der Waals surface area contributed by atoms with Crippen LogP contribution in [0.15, 0.2) is 23.7 Å². The molecule has 0 aliphatic heterocycles. The molecule has 0 bridgehead atoms. The first-order valence-corrected chi connectivity index (χ1v) is 3.76. The predicted molar refractivity (Wildman–Crippen MR) is 44.0 cm³/mol. The van der Waals surface area contributed by atoms with E-state index in [-0.39, 0.29) is 0 Å². The van der Waals surface area contributed by atoms with Crippen LogP contribution in [-0.2, 0) is 9.47 Å². The van der Waals surface area contributed by atoms with Crippen molar-refractivity contribution in [3.8, 4) is 0 Å². The maximum atomic E-state index is 5.13. The monoisotopic (exact) mass is 154 g/mol. The van der Waals surface area contributed by atoms with Crippen molar-refractivity contribution in [1.29, 1.82) is 0 Å². The Balaban J connectivity index is 2.71. The molecule has 0 spiro atoms. The molecule has 0 aromatic carbocycles. The summed E-state index contributed by atoms with van der Waals surface area (Å²) < 4.78 is 10.2. The second kappa shape index (κ2) is 3.46. The maximum Gasteiger partial charge on any atom is 0.118 e. The van der Waals surface area contributed by atoms with Crippen LogP contribution in [-0.4, -0.2) is 14.2 Å². The van der Waals surface area contributed by atoms with Gasteiger partial charge in [-0.2, -0.15) is 0 Å². The molecule has 2 heteroatoms. The fourth-order valence-electron chi connectivity index (χ4n) is 1.19. The number of methoxy groups -OCH3 is 2. The van der Waals surface area contributed by atoms with Crippen LogP contribution < -0.4 is 0 Å². The molecule has 0 radical (unpaired) electrons. The maximum absolute atomic E-state index is 5.13. The van der Waals surface area contributed by atoms with Gasteiger partial charge < -0.3 is 9.47 Å². The average molecular weight is 154 g/mol. The van der Waals surface area contributed by atoms with Crippen molar-refractivity contribution in [3.63, 3.8) is 0 Å². The largest absolute Gasteiger partial charge is 0.501 e. The summed E-state index contributed by atoms with van der Waals surface area (Å²) in [5, 5.41) is 0. The van der Waals surface area contributed by atoms with Crippen LogP contribution in [0, 0.1) is 5.92 Å². The summed E-state index contributed by atoms with van der Waals surface area (Å²) in [6, 6.07) is 0. The number of rotatable bonds is 2. The van der Waals surface area contributed by atoms with Gasteiger partial charge in [0.05, 0.1) is 20.0 Å². The van der Waals surface area contributed by atoms with Crippen molar-refractivity contribution >= 4 is 0 Å². The lowest BCUT2D eigenvalue weighted by Crippen LogP contribution is -2.03. The first-order valence-electron chi connectivity index (χ1n) is 3.76. The Hall–Kier alpha value is -0.920. The molecule has 0 amide bonds. The molecule has 0 unspecified atom stereocenters. The molecule has 0 saturated heterocycles. The smallest absolute Gasteiger partial charge is 0.118 e. The molecule has 1 aliphatic rings. The Labute approximate surface area is 67.5 Å². The van der Waals surface area contributed by atoms with Crippen LogP contribution in [0.5, 0.6) is 0 Å². The topological polar surface area (TPSA) is 18.5 Å². The first kappa shape index (κ1) is 8.18. The summed E-state index contributed by atoms with van der Waals surface area (Å²) in [4.78, 5) is 0. The zero-order valence-electron chi connectivity index (χ0n) is 7.26. The van der Waals surface area contributed by atoms with Crippen molar-refractivity contribution in [3.05, 3.63) is 23.7 Å². The molecule has 1 aliphatic carbocycles. The van der Waals surface area contributed by atoms with Gasteiger partial charge in [-0.05, 0) is 12.0 Å². The highest BCUT2D eigenvalue weighted by Gasteiger charge is 2.11. The van der Waals surface area contributed by atoms with Gasteiger partial charge in [0.1, 0.15) is 5.76 Å². The minimum atomic E-state index is 0.518. The summed E-state index contributed by atoms with van der Waals surface area (Å²) in [5.41, 5.74) is 0.